The molecule has 22 heavy (non-hydrogen) atoms. The summed E-state index contributed by atoms with van der Waals surface area (Å²) in [7, 11) is 1.35. The van der Waals surface area contributed by atoms with Crippen LogP contribution in [0.3, 0.4) is 0 Å². The third kappa shape index (κ3) is 2.93. The lowest BCUT2D eigenvalue weighted by atomic mass is 10.1. The number of halogens is 2. The van der Waals surface area contributed by atoms with Gasteiger partial charge in [-0.1, -0.05) is 35.3 Å². The summed E-state index contributed by atoms with van der Waals surface area (Å²) in [6, 6.07) is 10.4. The average molecular weight is 336 g/mol. The van der Waals surface area contributed by atoms with Gasteiger partial charge in [0.2, 0.25) is 0 Å². The Morgan fingerprint density at radius 2 is 2.00 bits per heavy atom. The zero-order chi connectivity index (χ0) is 15.7. The Kier molecular flexibility index (Phi) is 4.05. The van der Waals surface area contributed by atoms with Crippen LogP contribution in [0.5, 0.6) is 0 Å². The van der Waals surface area contributed by atoms with Crippen molar-refractivity contribution in [2.45, 2.75) is 6.42 Å². The van der Waals surface area contributed by atoms with E-state index in [0.717, 1.165) is 5.56 Å². The maximum atomic E-state index is 11.5. The first-order chi connectivity index (χ1) is 10.6. The first-order valence-corrected chi connectivity index (χ1v) is 7.24. The van der Waals surface area contributed by atoms with E-state index in [2.05, 4.69) is 4.98 Å². The molecule has 3 aromatic rings. The number of esters is 1. The molecule has 0 aliphatic rings. The highest BCUT2D eigenvalue weighted by Crippen LogP contribution is 2.28. The van der Waals surface area contributed by atoms with E-state index in [4.69, 9.17) is 32.4 Å². The van der Waals surface area contributed by atoms with Crippen LogP contribution in [0.4, 0.5) is 0 Å². The summed E-state index contributed by atoms with van der Waals surface area (Å²) in [5.41, 5.74) is 2.61. The normalized spacial score (nSPS) is 10.9. The first kappa shape index (κ1) is 14.9. The Hall–Kier alpha value is -2.04. The summed E-state index contributed by atoms with van der Waals surface area (Å²) < 4.78 is 10.4. The lowest BCUT2D eigenvalue weighted by Crippen LogP contribution is -2.01. The van der Waals surface area contributed by atoms with Crippen molar-refractivity contribution in [1.29, 1.82) is 0 Å². The van der Waals surface area contributed by atoms with Gasteiger partial charge in [-0.25, -0.2) is 9.78 Å². The van der Waals surface area contributed by atoms with E-state index in [1.165, 1.54) is 7.11 Å². The highest BCUT2D eigenvalue weighted by Gasteiger charge is 2.11. The van der Waals surface area contributed by atoms with Gasteiger partial charge in [0.05, 0.1) is 22.7 Å². The highest BCUT2D eigenvalue weighted by molar-refractivity contribution is 6.42. The molecule has 0 saturated heterocycles. The van der Waals surface area contributed by atoms with E-state index in [9.17, 15) is 4.79 Å². The molecular formula is C16H11Cl2NO3. The monoisotopic (exact) mass is 335 g/mol. The van der Waals surface area contributed by atoms with Crippen molar-refractivity contribution < 1.29 is 13.9 Å². The molecule has 0 aliphatic carbocycles. The van der Waals surface area contributed by atoms with Crippen molar-refractivity contribution in [3.63, 3.8) is 0 Å². The molecule has 0 fully saturated rings. The number of carbonyl (C=O) groups is 1. The minimum absolute atomic E-state index is 0.377. The van der Waals surface area contributed by atoms with Gasteiger partial charge in [0.1, 0.15) is 5.52 Å². The Labute approximate surface area is 136 Å². The summed E-state index contributed by atoms with van der Waals surface area (Å²) in [6.45, 7) is 0. The fourth-order valence-corrected chi connectivity index (χ4v) is 2.46. The van der Waals surface area contributed by atoms with Crippen molar-refractivity contribution in [2.75, 3.05) is 7.11 Å². The van der Waals surface area contributed by atoms with E-state index in [1.54, 1.807) is 30.3 Å². The molecular weight excluding hydrogens is 325 g/mol. The SMILES string of the molecule is COC(=O)c1cccc(Cc2nc3cc(Cl)c(Cl)cc3o2)c1. The van der Waals surface area contributed by atoms with Gasteiger partial charge in [0.15, 0.2) is 11.5 Å². The van der Waals surface area contributed by atoms with Crippen molar-refractivity contribution >= 4 is 40.3 Å². The second-order valence-electron chi connectivity index (χ2n) is 4.71. The molecule has 0 unspecified atom stereocenters. The quantitative estimate of drug-likeness (QED) is 0.660. The van der Waals surface area contributed by atoms with E-state index in [-0.39, 0.29) is 5.97 Å². The third-order valence-corrected chi connectivity index (χ3v) is 3.90. The van der Waals surface area contributed by atoms with E-state index < -0.39 is 0 Å². The molecule has 3 rings (SSSR count). The fraction of sp³-hybridized carbons (Fsp3) is 0.125. The Balaban J connectivity index is 1.91. The number of aromatic nitrogens is 1. The summed E-state index contributed by atoms with van der Waals surface area (Å²) in [5.74, 6) is 0.147. The number of hydrogen-bond donors (Lipinski definition) is 0. The number of hydrogen-bond acceptors (Lipinski definition) is 4. The van der Waals surface area contributed by atoms with Crippen LogP contribution < -0.4 is 0 Å². The van der Waals surface area contributed by atoms with Gasteiger partial charge < -0.3 is 9.15 Å². The Morgan fingerprint density at radius 3 is 2.77 bits per heavy atom. The zero-order valence-electron chi connectivity index (χ0n) is 11.6. The molecule has 0 amide bonds. The predicted octanol–water partition coefficient (Wildman–Crippen LogP) is 4.51. The van der Waals surface area contributed by atoms with Crippen LogP contribution in [0.25, 0.3) is 11.1 Å². The number of nitrogens with zero attached hydrogens (tertiary/aromatic N) is 1. The molecule has 0 N–H and O–H groups in total. The number of fused-ring (bicyclic) bond motifs is 1. The van der Waals surface area contributed by atoms with Gasteiger partial charge in [0, 0.05) is 12.5 Å². The number of rotatable bonds is 3. The van der Waals surface area contributed by atoms with Gasteiger partial charge in [-0.2, -0.15) is 0 Å². The molecule has 1 heterocycles. The highest BCUT2D eigenvalue weighted by atomic mass is 35.5. The van der Waals surface area contributed by atoms with Crippen LogP contribution >= 0.6 is 23.2 Å². The average Bonchev–Trinajstić information content (AvgIpc) is 2.88. The summed E-state index contributed by atoms with van der Waals surface area (Å²) >= 11 is 11.9. The Bertz CT molecular complexity index is 819. The molecule has 0 spiro atoms. The van der Waals surface area contributed by atoms with Gasteiger partial charge >= 0.3 is 5.97 Å². The molecule has 4 nitrogen and oxygen atoms in total. The van der Waals surface area contributed by atoms with Gasteiger partial charge in [0.25, 0.3) is 0 Å². The van der Waals surface area contributed by atoms with Gasteiger partial charge in [-0.3, -0.25) is 0 Å². The van der Waals surface area contributed by atoms with Gasteiger partial charge in [-0.15, -0.1) is 0 Å². The van der Waals surface area contributed by atoms with Crippen LogP contribution in [0.1, 0.15) is 21.8 Å². The molecule has 112 valence electrons. The van der Waals surface area contributed by atoms with Crippen LogP contribution in [-0.2, 0) is 11.2 Å². The van der Waals surface area contributed by atoms with E-state index in [0.29, 0.717) is 39.0 Å². The molecule has 0 bridgehead atoms. The van der Waals surface area contributed by atoms with Crippen molar-refractivity contribution in [3.05, 3.63) is 63.5 Å². The lowest BCUT2D eigenvalue weighted by molar-refractivity contribution is 0.0600. The van der Waals surface area contributed by atoms with Crippen molar-refractivity contribution in [1.82, 2.24) is 4.98 Å². The lowest BCUT2D eigenvalue weighted by Gasteiger charge is -2.01. The van der Waals surface area contributed by atoms with Crippen LogP contribution in [0.2, 0.25) is 10.0 Å². The second kappa shape index (κ2) is 5.99. The first-order valence-electron chi connectivity index (χ1n) is 6.48. The molecule has 2 aromatic carbocycles. The molecule has 0 atom stereocenters. The van der Waals surface area contributed by atoms with Crippen LogP contribution in [-0.4, -0.2) is 18.1 Å². The summed E-state index contributed by atoms with van der Waals surface area (Å²) in [6.07, 6.45) is 0.453. The number of oxazole rings is 1. The number of carbonyl (C=O) groups excluding carboxylic acids is 1. The number of methoxy groups -OCH3 is 1. The Morgan fingerprint density at radius 1 is 1.23 bits per heavy atom. The summed E-state index contributed by atoms with van der Waals surface area (Å²) in [4.78, 5) is 15.9. The zero-order valence-corrected chi connectivity index (χ0v) is 13.1. The maximum Gasteiger partial charge on any atom is 0.337 e. The van der Waals surface area contributed by atoms with Gasteiger partial charge in [-0.05, 0) is 23.8 Å². The number of benzene rings is 2. The third-order valence-electron chi connectivity index (χ3n) is 3.18. The predicted molar refractivity (Wildman–Crippen MR) is 84.6 cm³/mol. The molecule has 1 aromatic heterocycles. The van der Waals surface area contributed by atoms with Crippen molar-refractivity contribution in [2.24, 2.45) is 0 Å². The topological polar surface area (TPSA) is 52.3 Å². The van der Waals surface area contributed by atoms with Crippen LogP contribution in [0.15, 0.2) is 40.8 Å². The van der Waals surface area contributed by atoms with E-state index in [1.807, 2.05) is 6.07 Å². The largest absolute Gasteiger partial charge is 0.465 e. The van der Waals surface area contributed by atoms with E-state index >= 15 is 0 Å². The molecule has 6 heteroatoms. The molecule has 0 aliphatic heterocycles. The minimum Gasteiger partial charge on any atom is -0.465 e. The second-order valence-corrected chi connectivity index (χ2v) is 5.52. The fourth-order valence-electron chi connectivity index (χ4n) is 2.15. The molecule has 0 saturated carbocycles. The maximum absolute atomic E-state index is 11.5. The standard InChI is InChI=1S/C16H11Cl2NO3/c1-21-16(20)10-4-2-3-9(5-10)6-15-19-13-7-11(17)12(18)8-14(13)22-15/h2-5,7-8H,6H2,1H3. The smallest absolute Gasteiger partial charge is 0.337 e. The molecule has 0 radical (unpaired) electrons. The minimum atomic E-state index is -0.377. The van der Waals surface area contributed by atoms with Crippen LogP contribution in [0, 0.1) is 0 Å². The summed E-state index contributed by atoms with van der Waals surface area (Å²) in [5, 5.41) is 0.853. The van der Waals surface area contributed by atoms with Crippen molar-refractivity contribution in [3.8, 4) is 0 Å². The number of ether oxygens (including phenoxy) is 1.